The lowest BCUT2D eigenvalue weighted by molar-refractivity contribution is 0.176. The molecule has 2 atom stereocenters. The Labute approximate surface area is 138 Å². The Bertz CT molecular complexity index is 648. The molecule has 0 spiro atoms. The van der Waals surface area contributed by atoms with Crippen LogP contribution >= 0.6 is 0 Å². The number of hydrogen-bond acceptors (Lipinski definition) is 4. The monoisotopic (exact) mass is 313 g/mol. The SMILES string of the molecule is Cc1cccc(CN2CC[C@@H](N(C)C)[C@@H]2Cc2cnn(C)c2)n1. The smallest absolute Gasteiger partial charge is 0.0547 e. The molecule has 0 radical (unpaired) electrons. The van der Waals surface area contributed by atoms with E-state index in [0.29, 0.717) is 12.1 Å². The summed E-state index contributed by atoms with van der Waals surface area (Å²) in [7, 11) is 6.36. The molecule has 1 aliphatic rings. The van der Waals surface area contributed by atoms with Gasteiger partial charge in [0.15, 0.2) is 0 Å². The van der Waals surface area contributed by atoms with Crippen molar-refractivity contribution in [2.45, 2.75) is 38.4 Å². The van der Waals surface area contributed by atoms with E-state index in [1.165, 1.54) is 17.7 Å². The first-order valence-corrected chi connectivity index (χ1v) is 8.33. The summed E-state index contributed by atoms with van der Waals surface area (Å²) in [4.78, 5) is 9.63. The van der Waals surface area contributed by atoms with E-state index in [1.807, 2.05) is 17.9 Å². The summed E-state index contributed by atoms with van der Waals surface area (Å²) in [5.41, 5.74) is 3.57. The molecule has 5 nitrogen and oxygen atoms in total. The minimum absolute atomic E-state index is 0.511. The van der Waals surface area contributed by atoms with E-state index in [1.54, 1.807) is 0 Å². The van der Waals surface area contributed by atoms with E-state index in [0.717, 1.165) is 25.2 Å². The van der Waals surface area contributed by atoms with Crippen molar-refractivity contribution in [2.75, 3.05) is 20.6 Å². The Morgan fingerprint density at radius 3 is 2.78 bits per heavy atom. The fraction of sp³-hybridized carbons (Fsp3) is 0.556. The molecule has 0 bridgehead atoms. The lowest BCUT2D eigenvalue weighted by atomic mass is 10.0. The minimum atomic E-state index is 0.511. The van der Waals surface area contributed by atoms with Crippen molar-refractivity contribution in [2.24, 2.45) is 7.05 Å². The molecule has 1 fully saturated rings. The van der Waals surface area contributed by atoms with Gasteiger partial charge >= 0.3 is 0 Å². The summed E-state index contributed by atoms with van der Waals surface area (Å²) in [5.74, 6) is 0. The number of pyridine rings is 1. The van der Waals surface area contributed by atoms with Crippen molar-refractivity contribution in [1.29, 1.82) is 0 Å². The Balaban J connectivity index is 1.77. The summed E-state index contributed by atoms with van der Waals surface area (Å²) in [5, 5.41) is 4.32. The maximum Gasteiger partial charge on any atom is 0.0547 e. The third kappa shape index (κ3) is 3.79. The molecule has 23 heavy (non-hydrogen) atoms. The van der Waals surface area contributed by atoms with Gasteiger partial charge < -0.3 is 4.90 Å². The summed E-state index contributed by atoms with van der Waals surface area (Å²) < 4.78 is 1.89. The van der Waals surface area contributed by atoms with Gasteiger partial charge in [0.25, 0.3) is 0 Å². The fourth-order valence-corrected chi connectivity index (χ4v) is 3.68. The van der Waals surface area contributed by atoms with Gasteiger partial charge in [-0.1, -0.05) is 6.07 Å². The summed E-state index contributed by atoms with van der Waals surface area (Å²) in [6.07, 6.45) is 6.38. The molecule has 3 rings (SSSR count). The highest BCUT2D eigenvalue weighted by molar-refractivity contribution is 5.13. The maximum absolute atomic E-state index is 4.68. The van der Waals surface area contributed by atoms with E-state index in [4.69, 9.17) is 0 Å². The van der Waals surface area contributed by atoms with Crippen molar-refractivity contribution in [3.8, 4) is 0 Å². The largest absolute Gasteiger partial charge is 0.305 e. The van der Waals surface area contributed by atoms with E-state index >= 15 is 0 Å². The number of rotatable bonds is 5. The number of aromatic nitrogens is 3. The third-order valence-corrected chi connectivity index (χ3v) is 4.80. The average molecular weight is 313 g/mol. The highest BCUT2D eigenvalue weighted by Gasteiger charge is 2.35. The number of hydrogen-bond donors (Lipinski definition) is 0. The quantitative estimate of drug-likeness (QED) is 0.844. The van der Waals surface area contributed by atoms with Gasteiger partial charge in [0.2, 0.25) is 0 Å². The molecular weight excluding hydrogens is 286 g/mol. The molecule has 0 N–H and O–H groups in total. The second kappa shape index (κ2) is 6.81. The zero-order valence-corrected chi connectivity index (χ0v) is 14.6. The predicted molar refractivity (Wildman–Crippen MR) is 92.2 cm³/mol. The molecule has 5 heteroatoms. The first kappa shape index (κ1) is 16.1. The first-order chi connectivity index (χ1) is 11.0. The van der Waals surface area contributed by atoms with Crippen LogP contribution in [0.5, 0.6) is 0 Å². The Kier molecular flexibility index (Phi) is 4.78. The van der Waals surface area contributed by atoms with Gasteiger partial charge in [0.1, 0.15) is 0 Å². The molecule has 0 unspecified atom stereocenters. The van der Waals surface area contributed by atoms with Crippen LogP contribution in [0.25, 0.3) is 0 Å². The second-order valence-electron chi connectivity index (χ2n) is 6.85. The lowest BCUT2D eigenvalue weighted by Gasteiger charge is -2.31. The molecule has 124 valence electrons. The molecule has 0 aliphatic carbocycles. The van der Waals surface area contributed by atoms with Gasteiger partial charge in [-0.25, -0.2) is 0 Å². The van der Waals surface area contributed by atoms with Crippen LogP contribution in [0, 0.1) is 6.92 Å². The van der Waals surface area contributed by atoms with Crippen LogP contribution in [0.2, 0.25) is 0 Å². The normalized spacial score (nSPS) is 22.1. The van der Waals surface area contributed by atoms with Crippen molar-refractivity contribution in [3.05, 3.63) is 47.5 Å². The van der Waals surface area contributed by atoms with Gasteiger partial charge in [-0.05, 0) is 51.6 Å². The Morgan fingerprint density at radius 2 is 2.13 bits per heavy atom. The summed E-state index contributed by atoms with van der Waals surface area (Å²) >= 11 is 0. The molecule has 1 saturated heterocycles. The molecule has 1 aliphatic heterocycles. The average Bonchev–Trinajstić information content (AvgIpc) is 3.07. The highest BCUT2D eigenvalue weighted by Crippen LogP contribution is 2.26. The number of likely N-dealkylation sites (tertiary alicyclic amines) is 1. The minimum Gasteiger partial charge on any atom is -0.305 e. The number of likely N-dealkylation sites (N-methyl/N-ethyl adjacent to an activating group) is 1. The van der Waals surface area contributed by atoms with Crippen LogP contribution in [-0.2, 0) is 20.0 Å². The Morgan fingerprint density at radius 1 is 1.30 bits per heavy atom. The molecular formula is C18H27N5. The zero-order chi connectivity index (χ0) is 16.4. The number of nitrogens with zero attached hydrogens (tertiary/aromatic N) is 5. The summed E-state index contributed by atoms with van der Waals surface area (Å²) in [6.45, 7) is 4.11. The van der Waals surface area contributed by atoms with Crippen molar-refractivity contribution < 1.29 is 0 Å². The number of aryl methyl sites for hydroxylation is 2. The molecule has 0 saturated carbocycles. The first-order valence-electron chi connectivity index (χ1n) is 8.33. The van der Waals surface area contributed by atoms with E-state index < -0.39 is 0 Å². The predicted octanol–water partition coefficient (Wildman–Crippen LogP) is 1.87. The van der Waals surface area contributed by atoms with Crippen LogP contribution in [0.4, 0.5) is 0 Å². The fourth-order valence-electron chi connectivity index (χ4n) is 3.68. The van der Waals surface area contributed by atoms with Crippen LogP contribution in [-0.4, -0.2) is 57.3 Å². The van der Waals surface area contributed by atoms with Gasteiger partial charge in [0.05, 0.1) is 11.9 Å². The van der Waals surface area contributed by atoms with Gasteiger partial charge in [-0.15, -0.1) is 0 Å². The zero-order valence-electron chi connectivity index (χ0n) is 14.6. The van der Waals surface area contributed by atoms with Crippen molar-refractivity contribution in [1.82, 2.24) is 24.6 Å². The van der Waals surface area contributed by atoms with E-state index in [2.05, 4.69) is 65.3 Å². The topological polar surface area (TPSA) is 37.2 Å². The van der Waals surface area contributed by atoms with Crippen LogP contribution in [0.15, 0.2) is 30.6 Å². The lowest BCUT2D eigenvalue weighted by Crippen LogP contribution is -2.43. The second-order valence-corrected chi connectivity index (χ2v) is 6.85. The van der Waals surface area contributed by atoms with Gasteiger partial charge in [0, 0.05) is 44.1 Å². The van der Waals surface area contributed by atoms with E-state index in [9.17, 15) is 0 Å². The Hall–Kier alpha value is -1.72. The molecule has 3 heterocycles. The van der Waals surface area contributed by atoms with Gasteiger partial charge in [-0.2, -0.15) is 5.10 Å². The summed E-state index contributed by atoms with van der Waals surface area (Å²) in [6, 6.07) is 7.39. The van der Waals surface area contributed by atoms with Crippen LogP contribution in [0.3, 0.4) is 0 Å². The van der Waals surface area contributed by atoms with Crippen LogP contribution < -0.4 is 0 Å². The van der Waals surface area contributed by atoms with Crippen LogP contribution in [0.1, 0.15) is 23.4 Å². The third-order valence-electron chi connectivity index (χ3n) is 4.80. The molecule has 2 aromatic rings. The van der Waals surface area contributed by atoms with Crippen molar-refractivity contribution >= 4 is 0 Å². The highest BCUT2D eigenvalue weighted by atomic mass is 15.3. The standard InChI is InChI=1S/C18H27N5/c1-14-6-5-7-16(20-14)13-23-9-8-17(21(2)3)18(23)10-15-11-19-22(4)12-15/h5-7,11-12,17-18H,8-10,13H2,1-4H3/t17-,18+/m1/s1. The molecule has 2 aromatic heterocycles. The van der Waals surface area contributed by atoms with E-state index in [-0.39, 0.29) is 0 Å². The van der Waals surface area contributed by atoms with Crippen molar-refractivity contribution in [3.63, 3.8) is 0 Å². The molecule has 0 amide bonds. The molecule has 0 aromatic carbocycles. The maximum atomic E-state index is 4.68. The van der Waals surface area contributed by atoms with Gasteiger partial charge in [-0.3, -0.25) is 14.6 Å².